The lowest BCUT2D eigenvalue weighted by Gasteiger charge is -2.06. The fourth-order valence-electron chi connectivity index (χ4n) is 1.40. The molecular weight excluding hydrogens is 289 g/mol. The number of anilines is 1. The molecule has 8 heteroatoms. The standard InChI is InChI=1S/C12H7ClFN3O3/c13-7-2-1-6(5-8(7)14)11(18)17-10-9(12(19)20)15-3-4-16-10/h1-5H,(H,19,20)(H,16,17,18). The van der Waals surface area contributed by atoms with Crippen molar-refractivity contribution in [1.82, 2.24) is 9.97 Å². The highest BCUT2D eigenvalue weighted by molar-refractivity contribution is 6.30. The van der Waals surface area contributed by atoms with Crippen molar-refractivity contribution in [3.63, 3.8) is 0 Å². The Bertz CT molecular complexity index is 693. The van der Waals surface area contributed by atoms with Gasteiger partial charge in [-0.2, -0.15) is 0 Å². The van der Waals surface area contributed by atoms with Crippen molar-refractivity contribution < 1.29 is 19.1 Å². The van der Waals surface area contributed by atoms with Gasteiger partial charge in [0.15, 0.2) is 11.5 Å². The molecule has 0 spiro atoms. The van der Waals surface area contributed by atoms with Crippen molar-refractivity contribution in [3.8, 4) is 0 Å². The Morgan fingerprint density at radius 1 is 1.25 bits per heavy atom. The SMILES string of the molecule is O=C(Nc1nccnc1C(=O)O)c1ccc(Cl)c(F)c1. The lowest BCUT2D eigenvalue weighted by atomic mass is 10.2. The molecule has 0 atom stereocenters. The number of aromatic nitrogens is 2. The molecule has 0 unspecified atom stereocenters. The van der Waals surface area contributed by atoms with Crippen LogP contribution >= 0.6 is 11.6 Å². The molecule has 6 nitrogen and oxygen atoms in total. The fourth-order valence-corrected chi connectivity index (χ4v) is 1.52. The molecule has 2 rings (SSSR count). The number of carboxylic acids is 1. The van der Waals surface area contributed by atoms with E-state index in [-0.39, 0.29) is 16.4 Å². The third-order valence-electron chi connectivity index (χ3n) is 2.31. The first-order chi connectivity index (χ1) is 9.49. The summed E-state index contributed by atoms with van der Waals surface area (Å²) in [4.78, 5) is 30.1. The van der Waals surface area contributed by atoms with Gasteiger partial charge in [0.1, 0.15) is 5.82 Å². The van der Waals surface area contributed by atoms with Crippen LogP contribution in [-0.4, -0.2) is 27.0 Å². The molecule has 0 fully saturated rings. The van der Waals surface area contributed by atoms with Crippen molar-refractivity contribution in [2.24, 2.45) is 0 Å². The minimum Gasteiger partial charge on any atom is -0.476 e. The molecule has 0 radical (unpaired) electrons. The predicted octanol–water partition coefficient (Wildman–Crippen LogP) is 2.22. The fraction of sp³-hybridized carbons (Fsp3) is 0. The molecule has 1 amide bonds. The van der Waals surface area contributed by atoms with E-state index >= 15 is 0 Å². The first-order valence-electron chi connectivity index (χ1n) is 5.29. The summed E-state index contributed by atoms with van der Waals surface area (Å²) in [6.07, 6.45) is 2.41. The van der Waals surface area contributed by atoms with E-state index in [0.29, 0.717) is 0 Å². The normalized spacial score (nSPS) is 10.1. The van der Waals surface area contributed by atoms with Gasteiger partial charge < -0.3 is 10.4 Å². The van der Waals surface area contributed by atoms with Crippen LogP contribution < -0.4 is 5.32 Å². The van der Waals surface area contributed by atoms with Gasteiger partial charge in [-0.1, -0.05) is 11.6 Å². The number of aromatic carboxylic acids is 1. The van der Waals surface area contributed by atoms with Gasteiger partial charge in [0.05, 0.1) is 5.02 Å². The minimum absolute atomic E-state index is 0.0195. The summed E-state index contributed by atoms with van der Waals surface area (Å²) in [5.41, 5.74) is -0.427. The number of amides is 1. The van der Waals surface area contributed by atoms with E-state index in [1.54, 1.807) is 0 Å². The zero-order chi connectivity index (χ0) is 14.7. The minimum atomic E-state index is -1.34. The highest BCUT2D eigenvalue weighted by Crippen LogP contribution is 2.17. The van der Waals surface area contributed by atoms with Gasteiger partial charge in [0.25, 0.3) is 5.91 Å². The molecule has 0 bridgehead atoms. The molecule has 20 heavy (non-hydrogen) atoms. The van der Waals surface area contributed by atoms with E-state index in [4.69, 9.17) is 16.7 Å². The Balaban J connectivity index is 2.28. The number of hydrogen-bond donors (Lipinski definition) is 2. The molecule has 0 aliphatic heterocycles. The maximum atomic E-state index is 13.3. The molecule has 1 aromatic heterocycles. The monoisotopic (exact) mass is 295 g/mol. The van der Waals surface area contributed by atoms with Crippen LogP contribution in [0, 0.1) is 5.82 Å². The molecule has 0 saturated carbocycles. The van der Waals surface area contributed by atoms with Crippen molar-refractivity contribution in [2.45, 2.75) is 0 Å². The average molecular weight is 296 g/mol. The van der Waals surface area contributed by atoms with Crippen molar-refractivity contribution >= 4 is 29.3 Å². The Morgan fingerprint density at radius 3 is 2.60 bits per heavy atom. The number of nitrogens with one attached hydrogen (secondary N) is 1. The summed E-state index contributed by atoms with van der Waals surface area (Å²) in [6, 6.07) is 3.46. The second-order valence-electron chi connectivity index (χ2n) is 3.64. The summed E-state index contributed by atoms with van der Waals surface area (Å²) in [5.74, 6) is -3.03. The lowest BCUT2D eigenvalue weighted by Crippen LogP contribution is -2.17. The van der Waals surface area contributed by atoms with Crippen molar-refractivity contribution in [2.75, 3.05) is 5.32 Å². The van der Waals surface area contributed by atoms with Gasteiger partial charge in [0, 0.05) is 18.0 Å². The highest BCUT2D eigenvalue weighted by Gasteiger charge is 2.16. The highest BCUT2D eigenvalue weighted by atomic mass is 35.5. The quantitative estimate of drug-likeness (QED) is 0.906. The van der Waals surface area contributed by atoms with Crippen molar-refractivity contribution in [3.05, 3.63) is 52.7 Å². The van der Waals surface area contributed by atoms with Gasteiger partial charge in [0.2, 0.25) is 0 Å². The molecule has 1 aromatic carbocycles. The van der Waals surface area contributed by atoms with Crippen LogP contribution in [0.3, 0.4) is 0 Å². The van der Waals surface area contributed by atoms with Gasteiger partial charge in [-0.15, -0.1) is 0 Å². The number of halogens is 2. The number of rotatable bonds is 3. The van der Waals surface area contributed by atoms with Crippen LogP contribution in [0.5, 0.6) is 0 Å². The Labute approximate surface area is 117 Å². The predicted molar refractivity (Wildman–Crippen MR) is 68.4 cm³/mol. The molecular formula is C12H7ClFN3O3. The Hall–Kier alpha value is -2.54. The number of nitrogens with zero attached hydrogens (tertiary/aromatic N) is 2. The summed E-state index contributed by atoms with van der Waals surface area (Å²) >= 11 is 5.51. The Kier molecular flexibility index (Phi) is 3.90. The van der Waals surface area contributed by atoms with E-state index in [2.05, 4.69) is 15.3 Å². The first-order valence-corrected chi connectivity index (χ1v) is 5.67. The second kappa shape index (κ2) is 5.62. The van der Waals surface area contributed by atoms with Crippen molar-refractivity contribution in [1.29, 1.82) is 0 Å². The summed E-state index contributed by atoms with van der Waals surface area (Å²) in [6.45, 7) is 0. The van der Waals surface area contributed by atoms with Crippen LogP contribution in [0.1, 0.15) is 20.8 Å². The zero-order valence-electron chi connectivity index (χ0n) is 9.80. The molecule has 2 N–H and O–H groups in total. The topological polar surface area (TPSA) is 92.2 Å². The lowest BCUT2D eigenvalue weighted by molar-refractivity contribution is 0.0691. The van der Waals surface area contributed by atoms with Crippen LogP contribution in [0.25, 0.3) is 0 Å². The maximum Gasteiger partial charge on any atom is 0.358 e. The van der Waals surface area contributed by atoms with Gasteiger partial charge in [-0.3, -0.25) is 4.79 Å². The number of carbonyl (C=O) groups is 2. The second-order valence-corrected chi connectivity index (χ2v) is 4.05. The van der Waals surface area contributed by atoms with Crippen LogP contribution in [-0.2, 0) is 0 Å². The van der Waals surface area contributed by atoms with Crippen LogP contribution in [0.15, 0.2) is 30.6 Å². The van der Waals surface area contributed by atoms with Crippen LogP contribution in [0.4, 0.5) is 10.2 Å². The average Bonchev–Trinajstić information content (AvgIpc) is 2.42. The maximum absolute atomic E-state index is 13.3. The van der Waals surface area contributed by atoms with Gasteiger partial charge in [-0.05, 0) is 18.2 Å². The molecule has 2 aromatic rings. The number of benzene rings is 1. The molecule has 0 saturated heterocycles. The molecule has 102 valence electrons. The van der Waals surface area contributed by atoms with Gasteiger partial charge >= 0.3 is 5.97 Å². The first kappa shape index (κ1) is 13.9. The third-order valence-corrected chi connectivity index (χ3v) is 2.62. The molecule has 1 heterocycles. The molecule has 0 aliphatic rings. The van der Waals surface area contributed by atoms with Crippen LogP contribution in [0.2, 0.25) is 5.02 Å². The summed E-state index contributed by atoms with van der Waals surface area (Å²) < 4.78 is 13.3. The van der Waals surface area contributed by atoms with E-state index in [1.807, 2.05) is 0 Å². The summed E-state index contributed by atoms with van der Waals surface area (Å²) in [7, 11) is 0. The van der Waals surface area contributed by atoms with E-state index in [9.17, 15) is 14.0 Å². The number of hydrogen-bond acceptors (Lipinski definition) is 4. The smallest absolute Gasteiger partial charge is 0.358 e. The summed E-state index contributed by atoms with van der Waals surface area (Å²) in [5, 5.41) is 11.0. The largest absolute Gasteiger partial charge is 0.476 e. The van der Waals surface area contributed by atoms with E-state index < -0.39 is 23.4 Å². The zero-order valence-corrected chi connectivity index (χ0v) is 10.6. The van der Waals surface area contributed by atoms with E-state index in [0.717, 1.165) is 6.07 Å². The molecule has 0 aliphatic carbocycles. The number of carbonyl (C=O) groups excluding carboxylic acids is 1. The van der Waals surface area contributed by atoms with Gasteiger partial charge in [-0.25, -0.2) is 19.2 Å². The number of carboxylic acid groups (broad SMARTS) is 1. The Morgan fingerprint density at radius 2 is 1.95 bits per heavy atom. The third kappa shape index (κ3) is 2.89. The van der Waals surface area contributed by atoms with E-state index in [1.165, 1.54) is 24.5 Å².